The van der Waals surface area contributed by atoms with E-state index in [2.05, 4.69) is 10.3 Å². The van der Waals surface area contributed by atoms with Gasteiger partial charge < -0.3 is 19.8 Å². The van der Waals surface area contributed by atoms with Crippen molar-refractivity contribution in [2.24, 2.45) is 0 Å². The molecule has 0 aromatic carbocycles. The number of aryl methyl sites for hydroxylation is 1. The summed E-state index contributed by atoms with van der Waals surface area (Å²) in [5, 5.41) is 4.40. The summed E-state index contributed by atoms with van der Waals surface area (Å²) in [6.07, 6.45) is 0. The number of aromatic amines is 1. The van der Waals surface area contributed by atoms with Crippen molar-refractivity contribution in [2.45, 2.75) is 20.8 Å². The van der Waals surface area contributed by atoms with Gasteiger partial charge in [-0.15, -0.1) is 0 Å². The number of nitrogens with one attached hydrogen (secondary N) is 3. The van der Waals surface area contributed by atoms with Crippen LogP contribution >= 0.6 is 0 Å². The summed E-state index contributed by atoms with van der Waals surface area (Å²) >= 11 is 0. The lowest BCUT2D eigenvalue weighted by molar-refractivity contribution is -0.123. The topological polar surface area (TPSA) is 127 Å². The molecule has 0 unspecified atom stereocenters. The number of esters is 1. The number of ketones is 1. The van der Waals surface area contributed by atoms with Crippen molar-refractivity contribution >= 4 is 23.7 Å². The number of hydrogen-bond acceptors (Lipinski definition) is 6. The third kappa shape index (κ3) is 5.20. The van der Waals surface area contributed by atoms with Gasteiger partial charge in [-0.25, -0.2) is 9.59 Å². The lowest BCUT2D eigenvalue weighted by atomic mass is 10.1. The van der Waals surface area contributed by atoms with Gasteiger partial charge in [0.2, 0.25) is 0 Å². The van der Waals surface area contributed by atoms with Crippen LogP contribution in [0.5, 0.6) is 0 Å². The van der Waals surface area contributed by atoms with Crippen molar-refractivity contribution in [1.82, 2.24) is 15.6 Å². The zero-order chi connectivity index (χ0) is 18.3. The number of hydrogen-bond donors (Lipinski definition) is 3. The average molecular weight is 339 g/mol. The van der Waals surface area contributed by atoms with Crippen LogP contribution in [0.25, 0.3) is 0 Å². The van der Waals surface area contributed by atoms with E-state index in [1.807, 2.05) is 5.32 Å². The number of rotatable bonds is 7. The van der Waals surface area contributed by atoms with Gasteiger partial charge in [-0.2, -0.15) is 0 Å². The van der Waals surface area contributed by atoms with Crippen molar-refractivity contribution in [3.8, 4) is 0 Å². The standard InChI is InChI=1S/C15H21N3O6/c1-8-12(10(3)19)9(2)17-13(8)14(21)24-7-11(20)18-15(22)16-5-6-23-4/h17H,5-7H2,1-4H3,(H2,16,18,20,22). The molecule has 0 spiro atoms. The van der Waals surface area contributed by atoms with Gasteiger partial charge in [0.15, 0.2) is 12.4 Å². The summed E-state index contributed by atoms with van der Waals surface area (Å²) in [5.41, 5.74) is 1.54. The molecule has 1 aromatic rings. The highest BCUT2D eigenvalue weighted by atomic mass is 16.5. The minimum absolute atomic E-state index is 0.107. The number of carbonyl (C=O) groups is 4. The molecule has 0 aliphatic rings. The molecule has 0 radical (unpaired) electrons. The van der Waals surface area contributed by atoms with E-state index < -0.39 is 24.5 Å². The van der Waals surface area contributed by atoms with Gasteiger partial charge in [0.05, 0.1) is 6.61 Å². The molecule has 0 bridgehead atoms. The predicted molar refractivity (Wildman–Crippen MR) is 84.0 cm³/mol. The molecule has 0 aliphatic carbocycles. The molecule has 3 amide bonds. The van der Waals surface area contributed by atoms with Crippen LogP contribution in [0.4, 0.5) is 4.79 Å². The Labute approximate surface area is 139 Å². The summed E-state index contributed by atoms with van der Waals surface area (Å²) in [7, 11) is 1.48. The van der Waals surface area contributed by atoms with E-state index >= 15 is 0 Å². The molecule has 9 nitrogen and oxygen atoms in total. The Morgan fingerprint density at radius 3 is 2.38 bits per heavy atom. The van der Waals surface area contributed by atoms with Gasteiger partial charge >= 0.3 is 12.0 Å². The Balaban J connectivity index is 2.55. The average Bonchev–Trinajstić information content (AvgIpc) is 2.80. The first kappa shape index (κ1) is 19.4. The molecular weight excluding hydrogens is 318 g/mol. The summed E-state index contributed by atoms with van der Waals surface area (Å²) in [6, 6.07) is -0.709. The number of H-pyrrole nitrogens is 1. The maximum Gasteiger partial charge on any atom is 0.355 e. The van der Waals surface area contributed by atoms with E-state index in [-0.39, 0.29) is 18.0 Å². The van der Waals surface area contributed by atoms with Crippen LogP contribution in [0.15, 0.2) is 0 Å². The van der Waals surface area contributed by atoms with E-state index in [0.717, 1.165) is 0 Å². The van der Waals surface area contributed by atoms with Crippen LogP contribution in [0, 0.1) is 13.8 Å². The second-order valence-corrected chi connectivity index (χ2v) is 5.05. The Hall–Kier alpha value is -2.68. The lowest BCUT2D eigenvalue weighted by Gasteiger charge is -2.07. The fraction of sp³-hybridized carbons (Fsp3) is 0.467. The fourth-order valence-electron chi connectivity index (χ4n) is 2.16. The van der Waals surface area contributed by atoms with Gasteiger partial charge in [-0.3, -0.25) is 14.9 Å². The number of imide groups is 1. The SMILES string of the molecule is COCCNC(=O)NC(=O)COC(=O)c1[nH]c(C)c(C(C)=O)c1C. The van der Waals surface area contributed by atoms with Gasteiger partial charge in [0.1, 0.15) is 5.69 Å². The maximum atomic E-state index is 12.0. The Kier molecular flexibility index (Phi) is 7.12. The van der Waals surface area contributed by atoms with E-state index in [4.69, 9.17) is 9.47 Å². The minimum Gasteiger partial charge on any atom is -0.451 e. The first-order valence-electron chi connectivity index (χ1n) is 7.21. The molecule has 0 saturated carbocycles. The molecule has 1 aromatic heterocycles. The second kappa shape index (κ2) is 8.82. The Morgan fingerprint density at radius 2 is 1.83 bits per heavy atom. The van der Waals surface area contributed by atoms with E-state index in [1.165, 1.54) is 14.0 Å². The van der Waals surface area contributed by atoms with Gasteiger partial charge in [0, 0.05) is 24.9 Å². The molecule has 0 fully saturated rings. The molecule has 3 N–H and O–H groups in total. The van der Waals surface area contributed by atoms with Crippen LogP contribution in [0.2, 0.25) is 0 Å². The second-order valence-electron chi connectivity index (χ2n) is 5.05. The van der Waals surface area contributed by atoms with Crippen molar-refractivity contribution in [1.29, 1.82) is 0 Å². The smallest absolute Gasteiger partial charge is 0.355 e. The molecule has 24 heavy (non-hydrogen) atoms. The molecule has 0 saturated heterocycles. The number of carbonyl (C=O) groups excluding carboxylic acids is 4. The monoisotopic (exact) mass is 339 g/mol. The third-order valence-corrected chi connectivity index (χ3v) is 3.17. The maximum absolute atomic E-state index is 12.0. The summed E-state index contributed by atoms with van der Waals surface area (Å²) in [4.78, 5) is 49.2. The summed E-state index contributed by atoms with van der Waals surface area (Å²) in [6.45, 7) is 4.60. The van der Waals surface area contributed by atoms with Crippen LogP contribution in [0.3, 0.4) is 0 Å². The number of Topliss-reactive ketones (excluding diaryl/α,β-unsaturated/α-hetero) is 1. The molecule has 0 aliphatic heterocycles. The molecular formula is C15H21N3O6. The van der Waals surface area contributed by atoms with Crippen LogP contribution in [-0.2, 0) is 14.3 Å². The zero-order valence-corrected chi connectivity index (χ0v) is 14.1. The lowest BCUT2D eigenvalue weighted by Crippen LogP contribution is -2.42. The summed E-state index contributed by atoms with van der Waals surface area (Å²) in [5.74, 6) is -1.73. The fourth-order valence-corrected chi connectivity index (χ4v) is 2.16. The number of aromatic nitrogens is 1. The number of methoxy groups -OCH3 is 1. The quantitative estimate of drug-likeness (QED) is 0.376. The largest absolute Gasteiger partial charge is 0.451 e. The van der Waals surface area contributed by atoms with Crippen LogP contribution in [0.1, 0.15) is 39.0 Å². The third-order valence-electron chi connectivity index (χ3n) is 3.17. The van der Waals surface area contributed by atoms with Crippen molar-refractivity contribution in [3.63, 3.8) is 0 Å². The van der Waals surface area contributed by atoms with Crippen LogP contribution in [-0.4, -0.2) is 55.5 Å². The van der Waals surface area contributed by atoms with Crippen molar-refractivity contribution < 1.29 is 28.7 Å². The van der Waals surface area contributed by atoms with E-state index in [9.17, 15) is 19.2 Å². The Morgan fingerprint density at radius 1 is 1.17 bits per heavy atom. The number of amides is 3. The number of urea groups is 1. The number of ether oxygens (including phenoxy) is 2. The highest BCUT2D eigenvalue weighted by Crippen LogP contribution is 2.19. The van der Waals surface area contributed by atoms with Crippen molar-refractivity contribution in [2.75, 3.05) is 26.9 Å². The van der Waals surface area contributed by atoms with E-state index in [1.54, 1.807) is 13.8 Å². The van der Waals surface area contributed by atoms with E-state index in [0.29, 0.717) is 23.4 Å². The van der Waals surface area contributed by atoms with Crippen molar-refractivity contribution in [3.05, 3.63) is 22.5 Å². The molecule has 9 heteroatoms. The zero-order valence-electron chi connectivity index (χ0n) is 14.1. The van der Waals surface area contributed by atoms with Crippen LogP contribution < -0.4 is 10.6 Å². The molecule has 1 heterocycles. The summed E-state index contributed by atoms with van der Waals surface area (Å²) < 4.78 is 9.59. The molecule has 1 rings (SSSR count). The first-order chi connectivity index (χ1) is 11.3. The normalized spacial score (nSPS) is 10.2. The highest BCUT2D eigenvalue weighted by Gasteiger charge is 2.21. The predicted octanol–water partition coefficient (Wildman–Crippen LogP) is 0.463. The highest BCUT2D eigenvalue weighted by molar-refractivity contribution is 6.01. The molecule has 0 atom stereocenters. The minimum atomic E-state index is -0.780. The van der Waals surface area contributed by atoms with Gasteiger partial charge in [-0.05, 0) is 26.3 Å². The van der Waals surface area contributed by atoms with Gasteiger partial charge in [-0.1, -0.05) is 0 Å². The van der Waals surface area contributed by atoms with Gasteiger partial charge in [0.25, 0.3) is 5.91 Å². The Bertz CT molecular complexity index is 650. The molecule has 132 valence electrons. The first-order valence-corrected chi connectivity index (χ1v) is 7.21.